The van der Waals surface area contributed by atoms with Crippen molar-refractivity contribution in [3.8, 4) is 0 Å². The van der Waals surface area contributed by atoms with Gasteiger partial charge in [-0.05, 0) is 61.4 Å². The lowest BCUT2D eigenvalue weighted by molar-refractivity contribution is -0.144. The summed E-state index contributed by atoms with van der Waals surface area (Å²) in [5, 5.41) is 13.2. The van der Waals surface area contributed by atoms with Crippen molar-refractivity contribution in [3.63, 3.8) is 0 Å². The second-order valence-electron chi connectivity index (χ2n) is 10.2. The molecule has 0 spiro atoms. The maximum atomic E-state index is 13.3. The van der Waals surface area contributed by atoms with Gasteiger partial charge in [0.1, 0.15) is 11.9 Å². The molecule has 0 bridgehead atoms. The molecule has 7 nitrogen and oxygen atoms in total. The molecule has 1 amide bonds. The van der Waals surface area contributed by atoms with E-state index < -0.39 is 23.8 Å². The summed E-state index contributed by atoms with van der Waals surface area (Å²) in [7, 11) is 0. The van der Waals surface area contributed by atoms with E-state index in [1.807, 2.05) is 4.90 Å². The highest BCUT2D eigenvalue weighted by atomic mass is 19.4. The van der Waals surface area contributed by atoms with Crippen LogP contribution in [0.15, 0.2) is 36.4 Å². The molecule has 3 aliphatic heterocycles. The molecule has 2 aromatic rings. The molecule has 198 valence electrons. The van der Waals surface area contributed by atoms with Crippen LogP contribution in [0.4, 0.5) is 19.0 Å². The smallest absolute Gasteiger partial charge is 0.416 e. The molecule has 4 heterocycles. The maximum absolute atomic E-state index is 13.3. The molecule has 3 aliphatic rings. The topological polar surface area (TPSA) is 85.8 Å². The molecular formula is C27H31F3N4O3. The first kappa shape index (κ1) is 25.5. The van der Waals surface area contributed by atoms with Crippen molar-refractivity contribution in [3.05, 3.63) is 58.8 Å². The lowest BCUT2D eigenvalue weighted by Gasteiger charge is -2.34. The molecule has 37 heavy (non-hydrogen) atoms. The zero-order valence-electron chi connectivity index (χ0n) is 20.5. The molecule has 5 rings (SSSR count). The number of aromatic nitrogens is 1. The van der Waals surface area contributed by atoms with Crippen LogP contribution >= 0.6 is 0 Å². The summed E-state index contributed by atoms with van der Waals surface area (Å²) >= 11 is 0. The molecule has 1 aromatic heterocycles. The van der Waals surface area contributed by atoms with Crippen LogP contribution in [-0.2, 0) is 22.2 Å². The number of likely N-dealkylation sites (tertiary alicyclic amines) is 2. The number of carboxylic acid groups (broad SMARTS) is 1. The number of aliphatic carboxylic acids is 1. The largest absolute Gasteiger partial charge is 0.480 e. The number of halogens is 3. The van der Waals surface area contributed by atoms with Crippen LogP contribution in [-0.4, -0.2) is 64.5 Å². The fraction of sp³-hybridized carbons (Fsp3) is 0.519. The van der Waals surface area contributed by atoms with Crippen molar-refractivity contribution in [2.75, 3.05) is 38.0 Å². The first-order chi connectivity index (χ1) is 17.7. The summed E-state index contributed by atoms with van der Waals surface area (Å²) < 4.78 is 38.7. The fourth-order valence-electron chi connectivity index (χ4n) is 5.81. The van der Waals surface area contributed by atoms with Crippen molar-refractivity contribution in [2.24, 2.45) is 5.92 Å². The Bertz CT molecular complexity index is 1150. The van der Waals surface area contributed by atoms with Crippen molar-refractivity contribution in [1.82, 2.24) is 14.8 Å². The quantitative estimate of drug-likeness (QED) is 0.616. The van der Waals surface area contributed by atoms with Crippen LogP contribution in [0, 0.1) is 5.92 Å². The minimum absolute atomic E-state index is 0.0255. The maximum Gasteiger partial charge on any atom is 0.416 e. The molecule has 2 fully saturated rings. The Hall–Kier alpha value is -3.14. The monoisotopic (exact) mass is 516 g/mol. The molecule has 2 saturated heterocycles. The first-order valence-corrected chi connectivity index (χ1v) is 12.9. The summed E-state index contributed by atoms with van der Waals surface area (Å²) in [5.41, 5.74) is 1.78. The van der Waals surface area contributed by atoms with E-state index in [4.69, 9.17) is 4.98 Å². The van der Waals surface area contributed by atoms with Crippen molar-refractivity contribution < 1.29 is 27.9 Å². The molecule has 1 aromatic carbocycles. The van der Waals surface area contributed by atoms with E-state index in [0.29, 0.717) is 32.0 Å². The van der Waals surface area contributed by atoms with Crippen molar-refractivity contribution in [2.45, 2.75) is 50.2 Å². The lowest BCUT2D eigenvalue weighted by atomic mass is 9.91. The Morgan fingerprint density at radius 2 is 1.76 bits per heavy atom. The van der Waals surface area contributed by atoms with Crippen LogP contribution in [0.1, 0.15) is 60.0 Å². The predicted molar refractivity (Wildman–Crippen MR) is 131 cm³/mol. The van der Waals surface area contributed by atoms with Crippen molar-refractivity contribution >= 4 is 17.7 Å². The highest BCUT2D eigenvalue weighted by Gasteiger charge is 2.39. The molecule has 0 saturated carbocycles. The highest BCUT2D eigenvalue weighted by Crippen LogP contribution is 2.34. The second kappa shape index (κ2) is 10.3. The van der Waals surface area contributed by atoms with Crippen LogP contribution in [0.5, 0.6) is 0 Å². The summed E-state index contributed by atoms with van der Waals surface area (Å²) in [5.74, 6) is -0.152. The predicted octanol–water partition coefficient (Wildman–Crippen LogP) is 4.31. The number of aryl methyl sites for hydroxylation is 1. The number of alkyl halides is 3. The molecular weight excluding hydrogens is 485 g/mol. The molecule has 10 heteroatoms. The Morgan fingerprint density at radius 1 is 1.03 bits per heavy atom. The van der Waals surface area contributed by atoms with Gasteiger partial charge in [-0.2, -0.15) is 13.2 Å². The van der Waals surface area contributed by atoms with Gasteiger partial charge in [-0.15, -0.1) is 0 Å². The third-order valence-electron chi connectivity index (χ3n) is 7.86. The van der Waals surface area contributed by atoms with Gasteiger partial charge in [-0.1, -0.05) is 18.2 Å². The summed E-state index contributed by atoms with van der Waals surface area (Å²) in [6.07, 6.45) is -0.133. The van der Waals surface area contributed by atoms with Gasteiger partial charge in [-0.25, -0.2) is 4.98 Å². The number of nitrogens with one attached hydrogen (secondary N) is 1. The Morgan fingerprint density at radius 3 is 2.43 bits per heavy atom. The van der Waals surface area contributed by atoms with E-state index >= 15 is 0 Å². The SMILES string of the molecule is O=C(O)[C@H](c1ccc(C(F)(F)F)cc1)N1CC[C@@H](C(=O)N2CCC(c3ccc4c(n3)NCCC4)CC2)C1. The number of carbonyl (C=O) groups excluding carboxylic acids is 1. The van der Waals surface area contributed by atoms with E-state index in [-0.39, 0.29) is 23.9 Å². The van der Waals surface area contributed by atoms with Gasteiger partial charge in [0, 0.05) is 44.3 Å². The number of pyridine rings is 1. The van der Waals surface area contributed by atoms with Crippen LogP contribution in [0.2, 0.25) is 0 Å². The molecule has 0 aliphatic carbocycles. The van der Waals surface area contributed by atoms with Gasteiger partial charge in [0.15, 0.2) is 0 Å². The average Bonchev–Trinajstić information content (AvgIpc) is 3.37. The highest BCUT2D eigenvalue weighted by molar-refractivity contribution is 5.80. The van der Waals surface area contributed by atoms with Crippen LogP contribution in [0.25, 0.3) is 0 Å². The van der Waals surface area contributed by atoms with Gasteiger partial charge >= 0.3 is 12.1 Å². The molecule has 0 radical (unpaired) electrons. The number of anilines is 1. The number of rotatable bonds is 5. The number of fused-ring (bicyclic) bond motifs is 1. The number of benzene rings is 1. The summed E-state index contributed by atoms with van der Waals surface area (Å²) in [4.78, 5) is 33.7. The number of carboxylic acids is 1. The molecule has 0 unspecified atom stereocenters. The van der Waals surface area contributed by atoms with E-state index in [0.717, 1.165) is 55.9 Å². The number of nitrogens with zero attached hydrogens (tertiary/aromatic N) is 3. The third kappa shape index (κ3) is 5.44. The van der Waals surface area contributed by atoms with Crippen LogP contribution < -0.4 is 5.32 Å². The van der Waals surface area contributed by atoms with Gasteiger partial charge in [0.25, 0.3) is 0 Å². The Kier molecular flexibility index (Phi) is 7.11. The van der Waals surface area contributed by atoms with E-state index in [9.17, 15) is 27.9 Å². The zero-order chi connectivity index (χ0) is 26.2. The number of carbonyl (C=O) groups is 2. The number of piperidine rings is 1. The fourth-order valence-corrected chi connectivity index (χ4v) is 5.81. The van der Waals surface area contributed by atoms with E-state index in [1.54, 1.807) is 4.90 Å². The van der Waals surface area contributed by atoms with Crippen molar-refractivity contribution in [1.29, 1.82) is 0 Å². The molecule has 2 atom stereocenters. The van der Waals surface area contributed by atoms with Gasteiger partial charge < -0.3 is 15.3 Å². The average molecular weight is 517 g/mol. The minimum atomic E-state index is -4.48. The van der Waals surface area contributed by atoms with Gasteiger partial charge in [0.05, 0.1) is 11.5 Å². The zero-order valence-corrected chi connectivity index (χ0v) is 20.5. The summed E-state index contributed by atoms with van der Waals surface area (Å²) in [6, 6.07) is 7.41. The van der Waals surface area contributed by atoms with E-state index in [1.165, 1.54) is 17.7 Å². The second-order valence-corrected chi connectivity index (χ2v) is 10.2. The van der Waals surface area contributed by atoms with Gasteiger partial charge in [0.2, 0.25) is 5.91 Å². The molecule has 2 N–H and O–H groups in total. The Labute approximate surface area is 213 Å². The van der Waals surface area contributed by atoms with Crippen LogP contribution in [0.3, 0.4) is 0 Å². The first-order valence-electron chi connectivity index (χ1n) is 12.9. The van der Waals surface area contributed by atoms with Gasteiger partial charge in [-0.3, -0.25) is 14.5 Å². The minimum Gasteiger partial charge on any atom is -0.480 e. The third-order valence-corrected chi connectivity index (χ3v) is 7.86. The number of hydrogen-bond donors (Lipinski definition) is 2. The Balaban J connectivity index is 1.18. The number of hydrogen-bond acceptors (Lipinski definition) is 5. The number of amides is 1. The standard InChI is InChI=1S/C27H31F3N4O3/c28-27(29,30)21-6-3-18(4-7-21)23(26(36)37)34-15-11-20(16-34)25(35)33-13-9-17(10-14-33)22-8-5-19-2-1-12-31-24(19)32-22/h3-8,17,20,23H,1-2,9-16H2,(H,31,32)(H,36,37)/t20-,23+/m1/s1. The van der Waals surface area contributed by atoms with E-state index in [2.05, 4.69) is 17.4 Å². The summed E-state index contributed by atoms with van der Waals surface area (Å²) in [6.45, 7) is 2.88. The lowest BCUT2D eigenvalue weighted by Crippen LogP contribution is -2.42. The normalized spacial score (nSPS) is 21.8.